The van der Waals surface area contributed by atoms with Gasteiger partial charge in [0.1, 0.15) is 17.3 Å². The van der Waals surface area contributed by atoms with Gasteiger partial charge in [-0.1, -0.05) is 30.3 Å². The number of anilines is 1. The number of hydrogen-bond acceptors (Lipinski definition) is 5. The average Bonchev–Trinajstić information content (AvgIpc) is 3.40. The molecule has 1 saturated heterocycles. The van der Waals surface area contributed by atoms with Gasteiger partial charge in [0.05, 0.1) is 17.8 Å². The summed E-state index contributed by atoms with van der Waals surface area (Å²) in [5.41, 5.74) is 1.41. The third-order valence-electron chi connectivity index (χ3n) is 5.87. The monoisotopic (exact) mass is 436 g/mol. The van der Waals surface area contributed by atoms with Crippen LogP contribution in [0.4, 0.5) is 5.82 Å². The van der Waals surface area contributed by atoms with E-state index < -0.39 is 6.10 Å². The van der Waals surface area contributed by atoms with Gasteiger partial charge in [-0.3, -0.25) is 9.59 Å². The van der Waals surface area contributed by atoms with E-state index in [-0.39, 0.29) is 17.9 Å². The zero-order chi connectivity index (χ0) is 22.7. The minimum atomic E-state index is -0.708. The molecule has 2 amide bonds. The van der Waals surface area contributed by atoms with E-state index in [4.69, 9.17) is 9.15 Å². The molecule has 1 N–H and O–H groups in total. The molecule has 2 aromatic heterocycles. The molecule has 1 aliphatic rings. The first-order chi connectivity index (χ1) is 15.5. The summed E-state index contributed by atoms with van der Waals surface area (Å²) in [6.07, 6.45) is 2.47. The molecule has 0 spiro atoms. The number of benzene rings is 1. The number of furan rings is 1. The van der Waals surface area contributed by atoms with Crippen molar-refractivity contribution in [3.8, 4) is 0 Å². The lowest BCUT2D eigenvalue weighted by atomic mass is 10.0. The second-order valence-electron chi connectivity index (χ2n) is 8.03. The number of aromatic nitrogens is 2. The summed E-state index contributed by atoms with van der Waals surface area (Å²) in [4.78, 5) is 27.6. The Morgan fingerprint density at radius 2 is 1.88 bits per heavy atom. The van der Waals surface area contributed by atoms with Crippen LogP contribution in [0.15, 0.2) is 53.1 Å². The van der Waals surface area contributed by atoms with E-state index in [1.807, 2.05) is 53.8 Å². The quantitative estimate of drug-likeness (QED) is 0.633. The molecule has 8 nitrogen and oxygen atoms in total. The number of methoxy groups -OCH3 is 1. The van der Waals surface area contributed by atoms with Crippen LogP contribution in [0.5, 0.6) is 0 Å². The molecule has 1 unspecified atom stereocenters. The molecule has 8 heteroatoms. The van der Waals surface area contributed by atoms with Crippen LogP contribution in [-0.4, -0.2) is 46.7 Å². The van der Waals surface area contributed by atoms with Gasteiger partial charge in [-0.15, -0.1) is 0 Å². The van der Waals surface area contributed by atoms with Gasteiger partial charge in [0.25, 0.3) is 11.8 Å². The van der Waals surface area contributed by atoms with Gasteiger partial charge >= 0.3 is 0 Å². The van der Waals surface area contributed by atoms with E-state index in [1.54, 1.807) is 18.3 Å². The number of nitrogens with one attached hydrogen (secondary N) is 1. The van der Waals surface area contributed by atoms with Crippen LogP contribution in [0, 0.1) is 13.8 Å². The van der Waals surface area contributed by atoms with Crippen molar-refractivity contribution in [2.75, 3.05) is 25.5 Å². The molecule has 32 heavy (non-hydrogen) atoms. The summed E-state index contributed by atoms with van der Waals surface area (Å²) in [7, 11) is 1.52. The van der Waals surface area contributed by atoms with Crippen LogP contribution < -0.4 is 5.32 Å². The van der Waals surface area contributed by atoms with Crippen LogP contribution in [0.3, 0.4) is 0 Å². The molecular formula is C24H28N4O4. The largest absolute Gasteiger partial charge is 0.466 e. The van der Waals surface area contributed by atoms with Crippen molar-refractivity contribution >= 4 is 17.6 Å². The third kappa shape index (κ3) is 4.45. The summed E-state index contributed by atoms with van der Waals surface area (Å²) in [5.74, 6) is 1.76. The molecule has 1 aromatic carbocycles. The Labute approximate surface area is 187 Å². The molecule has 3 aromatic rings. The zero-order valence-corrected chi connectivity index (χ0v) is 18.6. The Balaban J connectivity index is 1.40. The van der Waals surface area contributed by atoms with Gasteiger partial charge in [0.2, 0.25) is 0 Å². The lowest BCUT2D eigenvalue weighted by Gasteiger charge is -2.32. The van der Waals surface area contributed by atoms with Crippen LogP contribution in [-0.2, 0) is 9.53 Å². The molecule has 0 aliphatic carbocycles. The van der Waals surface area contributed by atoms with Gasteiger partial charge in [-0.2, -0.15) is 5.10 Å². The van der Waals surface area contributed by atoms with Crippen LogP contribution in [0.25, 0.3) is 0 Å². The van der Waals surface area contributed by atoms with Gasteiger partial charge in [-0.05, 0) is 38.3 Å². The highest BCUT2D eigenvalue weighted by molar-refractivity contribution is 5.95. The van der Waals surface area contributed by atoms with Crippen molar-refractivity contribution in [3.63, 3.8) is 0 Å². The lowest BCUT2D eigenvalue weighted by Crippen LogP contribution is -2.39. The molecule has 0 radical (unpaired) electrons. The van der Waals surface area contributed by atoms with Gasteiger partial charge in [0, 0.05) is 26.3 Å². The molecule has 3 heterocycles. The van der Waals surface area contributed by atoms with E-state index in [0.717, 1.165) is 24.2 Å². The molecule has 0 saturated carbocycles. The minimum Gasteiger partial charge on any atom is -0.466 e. The Bertz CT molecular complexity index is 1080. The number of piperidine rings is 1. The van der Waals surface area contributed by atoms with E-state index >= 15 is 0 Å². The fourth-order valence-electron chi connectivity index (χ4n) is 4.25. The van der Waals surface area contributed by atoms with Crippen molar-refractivity contribution < 1.29 is 18.7 Å². The minimum absolute atomic E-state index is 0.00223. The summed E-state index contributed by atoms with van der Waals surface area (Å²) >= 11 is 0. The number of carbonyl (C=O) groups excluding carboxylic acids is 2. The van der Waals surface area contributed by atoms with Crippen LogP contribution in [0.1, 0.15) is 52.4 Å². The Morgan fingerprint density at radius 3 is 2.50 bits per heavy atom. The van der Waals surface area contributed by atoms with Crippen molar-refractivity contribution in [2.45, 2.75) is 38.8 Å². The van der Waals surface area contributed by atoms with E-state index in [1.165, 1.54) is 7.11 Å². The summed E-state index contributed by atoms with van der Waals surface area (Å²) in [6, 6.07) is 13.0. The number of nitrogens with zero attached hydrogens (tertiary/aromatic N) is 3. The number of carbonyl (C=O) groups is 2. The van der Waals surface area contributed by atoms with Crippen LogP contribution in [0.2, 0.25) is 0 Å². The molecule has 0 bridgehead atoms. The normalized spacial score (nSPS) is 15.5. The highest BCUT2D eigenvalue weighted by Crippen LogP contribution is 2.28. The molecular weight excluding hydrogens is 408 g/mol. The summed E-state index contributed by atoms with van der Waals surface area (Å²) < 4.78 is 12.8. The zero-order valence-electron chi connectivity index (χ0n) is 18.6. The topological polar surface area (TPSA) is 89.6 Å². The molecule has 1 fully saturated rings. The number of amides is 2. The fourth-order valence-corrected chi connectivity index (χ4v) is 4.25. The van der Waals surface area contributed by atoms with Crippen molar-refractivity contribution in [2.24, 2.45) is 0 Å². The van der Waals surface area contributed by atoms with E-state index in [2.05, 4.69) is 10.4 Å². The predicted octanol–water partition coefficient (Wildman–Crippen LogP) is 3.90. The van der Waals surface area contributed by atoms with Crippen LogP contribution >= 0.6 is 0 Å². The maximum absolute atomic E-state index is 12.9. The standard InChI is InChI=1S/C24H28N4O4/c1-16-15-20(17(2)32-16)24(30)27-13-10-19(11-14-27)28-21(9-12-25-28)26-23(29)22(31-3)18-7-5-4-6-8-18/h4-9,12,15,19,22H,10-11,13-14H2,1-3H3,(H,26,29). The molecule has 4 rings (SSSR count). The maximum atomic E-state index is 12.9. The van der Waals surface area contributed by atoms with Crippen molar-refractivity contribution in [1.82, 2.24) is 14.7 Å². The number of likely N-dealkylation sites (tertiary alicyclic amines) is 1. The van der Waals surface area contributed by atoms with E-state index in [9.17, 15) is 9.59 Å². The Morgan fingerprint density at radius 1 is 1.16 bits per heavy atom. The molecule has 168 valence electrons. The molecule has 1 aliphatic heterocycles. The first-order valence-electron chi connectivity index (χ1n) is 10.8. The third-order valence-corrected chi connectivity index (χ3v) is 5.87. The van der Waals surface area contributed by atoms with Crippen molar-refractivity contribution in [3.05, 3.63) is 71.3 Å². The Kier molecular flexibility index (Phi) is 6.41. The maximum Gasteiger partial charge on any atom is 0.259 e. The summed E-state index contributed by atoms with van der Waals surface area (Å²) in [6.45, 7) is 4.89. The first kappa shape index (κ1) is 21.8. The van der Waals surface area contributed by atoms with E-state index in [0.29, 0.717) is 30.2 Å². The van der Waals surface area contributed by atoms with Gasteiger partial charge in [0.15, 0.2) is 6.10 Å². The number of ether oxygens (including phenoxy) is 1. The summed E-state index contributed by atoms with van der Waals surface area (Å²) in [5, 5.41) is 7.39. The number of rotatable bonds is 6. The van der Waals surface area contributed by atoms with Gasteiger partial charge < -0.3 is 19.4 Å². The number of hydrogen-bond donors (Lipinski definition) is 1. The SMILES string of the molecule is COC(C(=O)Nc1ccnn1C1CCN(C(=O)c2cc(C)oc2C)CC1)c1ccccc1. The number of aryl methyl sites for hydroxylation is 2. The highest BCUT2D eigenvalue weighted by atomic mass is 16.5. The highest BCUT2D eigenvalue weighted by Gasteiger charge is 2.29. The van der Waals surface area contributed by atoms with Crippen molar-refractivity contribution in [1.29, 1.82) is 0 Å². The first-order valence-corrected chi connectivity index (χ1v) is 10.8. The Hall–Kier alpha value is -3.39. The average molecular weight is 437 g/mol. The lowest BCUT2D eigenvalue weighted by molar-refractivity contribution is -0.126. The molecule has 1 atom stereocenters. The van der Waals surface area contributed by atoms with Gasteiger partial charge in [-0.25, -0.2) is 4.68 Å². The smallest absolute Gasteiger partial charge is 0.259 e. The fraction of sp³-hybridized carbons (Fsp3) is 0.375. The second-order valence-corrected chi connectivity index (χ2v) is 8.03. The predicted molar refractivity (Wildman–Crippen MR) is 119 cm³/mol. The second kappa shape index (κ2) is 9.40.